The molecule has 1 rings (SSSR count). The van der Waals surface area contributed by atoms with Crippen LogP contribution in [0.4, 0.5) is 4.79 Å². The van der Waals surface area contributed by atoms with Gasteiger partial charge in [-0.3, -0.25) is 10.2 Å². The van der Waals surface area contributed by atoms with Crippen LogP contribution < -0.4 is 10.9 Å². The molecule has 5 nitrogen and oxygen atoms in total. The number of rotatable bonds is 4. The maximum atomic E-state index is 10.8. The van der Waals surface area contributed by atoms with E-state index in [0.29, 0.717) is 0 Å². The number of amides is 2. The van der Waals surface area contributed by atoms with Crippen LogP contribution in [-0.2, 0) is 16.1 Å². The molecule has 1 aromatic carbocycles. The van der Waals surface area contributed by atoms with Gasteiger partial charge in [-0.15, -0.1) is 0 Å². The van der Waals surface area contributed by atoms with Gasteiger partial charge in [0.25, 0.3) is 0 Å². The van der Waals surface area contributed by atoms with Crippen LogP contribution in [0, 0.1) is 0 Å². The highest BCUT2D eigenvalue weighted by atomic mass is 16.6. The van der Waals surface area contributed by atoms with Crippen molar-refractivity contribution in [2.75, 3.05) is 0 Å². The summed E-state index contributed by atoms with van der Waals surface area (Å²) >= 11 is 0. The summed E-state index contributed by atoms with van der Waals surface area (Å²) in [5.41, 5.74) is 4.69. The number of nitrogens with one attached hydrogen (secondary N) is 2. The number of hydrazine groups is 1. The van der Waals surface area contributed by atoms with Gasteiger partial charge in [0.1, 0.15) is 6.61 Å². The highest BCUT2D eigenvalue weighted by molar-refractivity contribution is 5.68. The molecule has 73 valence electrons. The Morgan fingerprint density at radius 2 is 2.07 bits per heavy atom. The van der Waals surface area contributed by atoms with E-state index >= 15 is 0 Å². The standard InChI is InChI=1S/C9H9N2O3/c12-7-10-11-9(13)14-6-8-4-2-1-3-5-8/h1-5H,6H2,(H,10,12)(H,11,13). The van der Waals surface area contributed by atoms with Gasteiger partial charge in [-0.1, -0.05) is 30.3 Å². The summed E-state index contributed by atoms with van der Waals surface area (Å²) in [7, 11) is 0. The van der Waals surface area contributed by atoms with E-state index < -0.39 is 6.09 Å². The Morgan fingerprint density at radius 3 is 2.71 bits per heavy atom. The van der Waals surface area contributed by atoms with Crippen molar-refractivity contribution >= 4 is 12.5 Å². The predicted octanol–water partition coefficient (Wildman–Crippen LogP) is 0.485. The fourth-order valence-corrected chi connectivity index (χ4v) is 0.836. The zero-order valence-electron chi connectivity index (χ0n) is 7.32. The Hall–Kier alpha value is -2.04. The SMILES string of the molecule is O=[C]NNC(=O)OCc1ccccc1. The molecule has 0 aromatic heterocycles. The fourth-order valence-electron chi connectivity index (χ4n) is 0.836. The van der Waals surface area contributed by atoms with Crippen molar-refractivity contribution in [3.8, 4) is 0 Å². The Bertz CT molecular complexity index is 300. The van der Waals surface area contributed by atoms with Gasteiger partial charge < -0.3 is 4.74 Å². The van der Waals surface area contributed by atoms with E-state index in [1.165, 1.54) is 6.41 Å². The van der Waals surface area contributed by atoms with Crippen molar-refractivity contribution in [1.82, 2.24) is 10.9 Å². The van der Waals surface area contributed by atoms with E-state index in [-0.39, 0.29) is 6.61 Å². The van der Waals surface area contributed by atoms with E-state index in [0.717, 1.165) is 5.56 Å². The van der Waals surface area contributed by atoms with Crippen LogP contribution in [0.5, 0.6) is 0 Å². The molecule has 2 amide bonds. The minimum atomic E-state index is -0.725. The van der Waals surface area contributed by atoms with Gasteiger partial charge in [-0.25, -0.2) is 10.2 Å². The van der Waals surface area contributed by atoms with E-state index in [9.17, 15) is 9.59 Å². The molecule has 2 N–H and O–H groups in total. The first-order valence-corrected chi connectivity index (χ1v) is 3.92. The van der Waals surface area contributed by atoms with Gasteiger partial charge in [-0.2, -0.15) is 0 Å². The van der Waals surface area contributed by atoms with Crippen LogP contribution in [0.1, 0.15) is 5.56 Å². The lowest BCUT2D eigenvalue weighted by Crippen LogP contribution is -2.36. The summed E-state index contributed by atoms with van der Waals surface area (Å²) in [4.78, 5) is 20.5. The summed E-state index contributed by atoms with van der Waals surface area (Å²) in [5, 5.41) is 0. The molecule has 0 aliphatic carbocycles. The van der Waals surface area contributed by atoms with Gasteiger partial charge in [0, 0.05) is 0 Å². The topological polar surface area (TPSA) is 67.4 Å². The van der Waals surface area contributed by atoms with Crippen LogP contribution in [0.15, 0.2) is 30.3 Å². The number of hydrogen-bond donors (Lipinski definition) is 2. The van der Waals surface area contributed by atoms with Crippen LogP contribution in [0.3, 0.4) is 0 Å². The molecule has 1 radical (unpaired) electrons. The number of benzene rings is 1. The molecule has 0 heterocycles. The molecule has 0 atom stereocenters. The molecule has 0 bridgehead atoms. The van der Waals surface area contributed by atoms with Crippen molar-refractivity contribution in [1.29, 1.82) is 0 Å². The minimum absolute atomic E-state index is 0.160. The van der Waals surface area contributed by atoms with Crippen molar-refractivity contribution in [3.05, 3.63) is 35.9 Å². The average Bonchev–Trinajstić information content (AvgIpc) is 2.25. The van der Waals surface area contributed by atoms with Gasteiger partial charge in [0.05, 0.1) is 0 Å². The molecule has 0 saturated carbocycles. The first-order chi connectivity index (χ1) is 6.83. The smallest absolute Gasteiger partial charge is 0.426 e. The van der Waals surface area contributed by atoms with Crippen molar-refractivity contribution in [2.24, 2.45) is 0 Å². The molecule has 5 heteroatoms. The summed E-state index contributed by atoms with van der Waals surface area (Å²) in [5.74, 6) is 0. The Kier molecular flexibility index (Phi) is 4.00. The van der Waals surface area contributed by atoms with Crippen molar-refractivity contribution in [2.45, 2.75) is 6.61 Å². The van der Waals surface area contributed by atoms with Crippen LogP contribution in [0.2, 0.25) is 0 Å². The molecule has 0 saturated heterocycles. The van der Waals surface area contributed by atoms with Crippen molar-refractivity contribution in [3.63, 3.8) is 0 Å². The summed E-state index contributed by atoms with van der Waals surface area (Å²) < 4.78 is 4.74. The lowest BCUT2D eigenvalue weighted by Gasteiger charge is -2.04. The average molecular weight is 193 g/mol. The number of hydrogen-bond acceptors (Lipinski definition) is 3. The van der Waals surface area contributed by atoms with E-state index in [1.54, 1.807) is 0 Å². The fraction of sp³-hybridized carbons (Fsp3) is 0.111. The predicted molar refractivity (Wildman–Crippen MR) is 48.6 cm³/mol. The molecular weight excluding hydrogens is 184 g/mol. The lowest BCUT2D eigenvalue weighted by molar-refractivity contribution is 0.137. The third-order valence-corrected chi connectivity index (χ3v) is 1.43. The van der Waals surface area contributed by atoms with E-state index in [2.05, 4.69) is 0 Å². The van der Waals surface area contributed by atoms with Crippen molar-refractivity contribution < 1.29 is 14.3 Å². The number of carbonyl (C=O) groups excluding carboxylic acids is 2. The van der Waals surface area contributed by atoms with Gasteiger partial charge >= 0.3 is 12.5 Å². The third kappa shape index (κ3) is 3.57. The summed E-state index contributed by atoms with van der Waals surface area (Å²) in [6.45, 7) is 0.160. The molecule has 0 spiro atoms. The third-order valence-electron chi connectivity index (χ3n) is 1.43. The molecule has 1 aromatic rings. The van der Waals surface area contributed by atoms with E-state index in [1.807, 2.05) is 41.2 Å². The second-order valence-corrected chi connectivity index (χ2v) is 2.41. The first kappa shape index (κ1) is 10.0. The van der Waals surface area contributed by atoms with Crippen LogP contribution in [-0.4, -0.2) is 12.5 Å². The molecule has 14 heavy (non-hydrogen) atoms. The number of ether oxygens (including phenoxy) is 1. The molecule has 0 fully saturated rings. The largest absolute Gasteiger partial charge is 0.443 e. The lowest BCUT2D eigenvalue weighted by atomic mass is 10.2. The highest BCUT2D eigenvalue weighted by Gasteiger charge is 1.99. The minimum Gasteiger partial charge on any atom is -0.443 e. The Labute approximate surface area is 81.0 Å². The summed E-state index contributed by atoms with van der Waals surface area (Å²) in [6, 6.07) is 9.20. The summed E-state index contributed by atoms with van der Waals surface area (Å²) in [6.07, 6.45) is 0.560. The number of carbonyl (C=O) groups is 1. The normalized spacial score (nSPS) is 8.86. The maximum absolute atomic E-state index is 10.8. The molecule has 0 unspecified atom stereocenters. The van der Waals surface area contributed by atoms with Crippen LogP contribution >= 0.6 is 0 Å². The zero-order valence-corrected chi connectivity index (χ0v) is 7.32. The molecule has 0 aliphatic rings. The quantitative estimate of drug-likeness (QED) is 0.540. The Morgan fingerprint density at radius 1 is 1.36 bits per heavy atom. The monoisotopic (exact) mass is 193 g/mol. The van der Waals surface area contributed by atoms with Gasteiger partial charge in [0.15, 0.2) is 0 Å². The molecule has 0 aliphatic heterocycles. The van der Waals surface area contributed by atoms with Gasteiger partial charge in [0.2, 0.25) is 0 Å². The molecular formula is C9H9N2O3. The Balaban J connectivity index is 2.27. The van der Waals surface area contributed by atoms with Gasteiger partial charge in [-0.05, 0) is 5.56 Å². The van der Waals surface area contributed by atoms with Crippen LogP contribution in [0.25, 0.3) is 0 Å². The second-order valence-electron chi connectivity index (χ2n) is 2.41. The maximum Gasteiger partial charge on any atom is 0.426 e. The second kappa shape index (κ2) is 5.58. The zero-order chi connectivity index (χ0) is 10.2. The highest BCUT2D eigenvalue weighted by Crippen LogP contribution is 1.99. The van der Waals surface area contributed by atoms with E-state index in [4.69, 9.17) is 4.74 Å². The first-order valence-electron chi connectivity index (χ1n) is 3.92.